The summed E-state index contributed by atoms with van der Waals surface area (Å²) in [6.07, 6.45) is -0.533. The van der Waals surface area contributed by atoms with E-state index in [-0.39, 0.29) is 24.2 Å². The van der Waals surface area contributed by atoms with Gasteiger partial charge in [0.25, 0.3) is 0 Å². The number of nitrogens with zero attached hydrogens (tertiary/aromatic N) is 1. The molecule has 2 aromatic rings. The van der Waals surface area contributed by atoms with Gasteiger partial charge in [-0.2, -0.15) is 0 Å². The predicted octanol–water partition coefficient (Wildman–Crippen LogP) is 1.96. The van der Waals surface area contributed by atoms with Crippen LogP contribution >= 0.6 is 0 Å². The van der Waals surface area contributed by atoms with Gasteiger partial charge in [0, 0.05) is 38.1 Å². The fourth-order valence-electron chi connectivity index (χ4n) is 3.54. The zero-order valence-corrected chi connectivity index (χ0v) is 13.0. The third kappa shape index (κ3) is 3.72. The second kappa shape index (κ2) is 7.13. The molecule has 1 fully saturated rings. The highest BCUT2D eigenvalue weighted by atomic mass is 16.3. The summed E-state index contributed by atoms with van der Waals surface area (Å²) in [5.74, 6) is 0.0879. The minimum atomic E-state index is -0.533. The number of piperidine rings is 1. The van der Waals surface area contributed by atoms with Gasteiger partial charge in [-0.3, -0.25) is 4.90 Å². The Balaban J connectivity index is 1.74. The van der Waals surface area contributed by atoms with Crippen molar-refractivity contribution in [1.82, 2.24) is 4.90 Å². The Morgan fingerprint density at radius 1 is 0.957 bits per heavy atom. The molecule has 4 nitrogen and oxygen atoms in total. The van der Waals surface area contributed by atoms with Crippen molar-refractivity contribution in [3.63, 3.8) is 0 Å². The second-order valence-corrected chi connectivity index (χ2v) is 6.31. The van der Waals surface area contributed by atoms with Crippen molar-refractivity contribution >= 4 is 0 Å². The molecule has 1 heterocycles. The Morgan fingerprint density at radius 2 is 1.65 bits per heavy atom. The van der Waals surface area contributed by atoms with Crippen molar-refractivity contribution < 1.29 is 15.3 Å². The van der Waals surface area contributed by atoms with Crippen molar-refractivity contribution in [2.45, 2.75) is 18.6 Å². The molecule has 23 heavy (non-hydrogen) atoms. The van der Waals surface area contributed by atoms with Crippen LogP contribution in [0.2, 0.25) is 0 Å². The number of likely N-dealkylation sites (tertiary alicyclic amines) is 1. The van der Waals surface area contributed by atoms with Crippen molar-refractivity contribution in [3.05, 3.63) is 65.7 Å². The molecule has 3 N–H and O–H groups in total. The average molecular weight is 313 g/mol. The third-order valence-corrected chi connectivity index (χ3v) is 4.62. The highest BCUT2D eigenvalue weighted by molar-refractivity contribution is 5.30. The van der Waals surface area contributed by atoms with Crippen LogP contribution in [0.25, 0.3) is 0 Å². The lowest BCUT2D eigenvalue weighted by molar-refractivity contribution is -0.00341. The molecule has 4 heteroatoms. The standard InChI is InChI=1S/C19H23NO3/c21-13-16-11-20(10-14-4-2-1-3-5-14)12-18(23)19(16)15-6-8-17(22)9-7-15/h1-9,16,18-19,21-23H,10-13H2/t16-,18-,19-/m0/s1. The number of aliphatic hydroxyl groups is 2. The summed E-state index contributed by atoms with van der Waals surface area (Å²) >= 11 is 0. The molecule has 0 aliphatic carbocycles. The molecule has 0 unspecified atom stereocenters. The van der Waals surface area contributed by atoms with Crippen LogP contribution in [0.5, 0.6) is 5.75 Å². The van der Waals surface area contributed by atoms with E-state index in [2.05, 4.69) is 17.0 Å². The lowest BCUT2D eigenvalue weighted by atomic mass is 9.79. The van der Waals surface area contributed by atoms with Crippen LogP contribution in [0.15, 0.2) is 54.6 Å². The summed E-state index contributed by atoms with van der Waals surface area (Å²) in [6, 6.07) is 17.1. The molecular weight excluding hydrogens is 290 g/mol. The summed E-state index contributed by atoms with van der Waals surface area (Å²) in [7, 11) is 0. The van der Waals surface area contributed by atoms with E-state index in [1.54, 1.807) is 12.1 Å². The maximum absolute atomic E-state index is 10.6. The van der Waals surface area contributed by atoms with Crippen molar-refractivity contribution in [2.75, 3.05) is 19.7 Å². The number of aromatic hydroxyl groups is 1. The normalized spacial score (nSPS) is 25.4. The summed E-state index contributed by atoms with van der Waals surface area (Å²) in [5, 5.41) is 29.8. The van der Waals surface area contributed by atoms with Crippen LogP contribution in [0.4, 0.5) is 0 Å². The van der Waals surface area contributed by atoms with Crippen LogP contribution in [-0.4, -0.2) is 46.0 Å². The number of β-amino-alcohol motifs (C(OH)–C–C–N with tert-alkyl or cyclic N) is 1. The lowest BCUT2D eigenvalue weighted by Crippen LogP contribution is -2.48. The van der Waals surface area contributed by atoms with Crippen LogP contribution in [0.1, 0.15) is 17.0 Å². The maximum Gasteiger partial charge on any atom is 0.115 e. The fraction of sp³-hybridized carbons (Fsp3) is 0.368. The summed E-state index contributed by atoms with van der Waals surface area (Å²) in [4.78, 5) is 2.19. The number of aliphatic hydroxyl groups excluding tert-OH is 2. The van der Waals surface area contributed by atoms with Crippen LogP contribution in [0, 0.1) is 5.92 Å². The van der Waals surface area contributed by atoms with Crippen molar-refractivity contribution in [3.8, 4) is 5.75 Å². The van der Waals surface area contributed by atoms with E-state index in [0.717, 1.165) is 18.7 Å². The van der Waals surface area contributed by atoms with E-state index in [4.69, 9.17) is 0 Å². The topological polar surface area (TPSA) is 63.9 Å². The molecule has 1 aliphatic rings. The molecule has 122 valence electrons. The van der Waals surface area contributed by atoms with E-state index in [9.17, 15) is 15.3 Å². The molecule has 0 aromatic heterocycles. The largest absolute Gasteiger partial charge is 0.508 e. The maximum atomic E-state index is 10.6. The Bertz CT molecular complexity index is 614. The summed E-state index contributed by atoms with van der Waals surface area (Å²) in [6.45, 7) is 2.13. The lowest BCUT2D eigenvalue weighted by Gasteiger charge is -2.41. The Morgan fingerprint density at radius 3 is 2.30 bits per heavy atom. The highest BCUT2D eigenvalue weighted by Crippen LogP contribution is 2.34. The van der Waals surface area contributed by atoms with Gasteiger partial charge >= 0.3 is 0 Å². The Hall–Kier alpha value is -1.88. The van der Waals surface area contributed by atoms with Gasteiger partial charge in [-0.05, 0) is 23.3 Å². The second-order valence-electron chi connectivity index (χ2n) is 6.31. The quantitative estimate of drug-likeness (QED) is 0.807. The van der Waals surface area contributed by atoms with Gasteiger partial charge in [0.15, 0.2) is 0 Å². The van der Waals surface area contributed by atoms with Gasteiger partial charge in [0.1, 0.15) is 5.75 Å². The first-order valence-corrected chi connectivity index (χ1v) is 8.01. The van der Waals surface area contributed by atoms with E-state index in [0.29, 0.717) is 6.54 Å². The van der Waals surface area contributed by atoms with Gasteiger partial charge in [-0.15, -0.1) is 0 Å². The van der Waals surface area contributed by atoms with Gasteiger partial charge in [0.2, 0.25) is 0 Å². The van der Waals surface area contributed by atoms with E-state index >= 15 is 0 Å². The third-order valence-electron chi connectivity index (χ3n) is 4.62. The minimum absolute atomic E-state index is 0.0213. The Labute approximate surface area is 136 Å². The van der Waals surface area contributed by atoms with Crippen molar-refractivity contribution in [1.29, 1.82) is 0 Å². The monoisotopic (exact) mass is 313 g/mol. The van der Waals surface area contributed by atoms with E-state index in [1.165, 1.54) is 5.56 Å². The predicted molar refractivity (Wildman–Crippen MR) is 89.1 cm³/mol. The molecule has 3 rings (SSSR count). The van der Waals surface area contributed by atoms with Crippen molar-refractivity contribution in [2.24, 2.45) is 5.92 Å². The first-order chi connectivity index (χ1) is 11.2. The molecule has 0 bridgehead atoms. The first-order valence-electron chi connectivity index (χ1n) is 8.01. The zero-order valence-electron chi connectivity index (χ0n) is 13.0. The van der Waals surface area contributed by atoms with Crippen LogP contribution in [0.3, 0.4) is 0 Å². The average Bonchev–Trinajstić information content (AvgIpc) is 2.56. The van der Waals surface area contributed by atoms with Crippen LogP contribution in [-0.2, 0) is 6.54 Å². The molecule has 0 saturated carbocycles. The number of rotatable bonds is 4. The molecule has 0 radical (unpaired) electrons. The number of phenols is 1. The first kappa shape index (κ1) is 16.0. The molecular formula is C19H23NO3. The number of phenolic OH excluding ortho intramolecular Hbond substituents is 1. The number of hydrogen-bond acceptors (Lipinski definition) is 4. The van der Waals surface area contributed by atoms with Gasteiger partial charge in [-0.25, -0.2) is 0 Å². The van der Waals surface area contributed by atoms with Crippen LogP contribution < -0.4 is 0 Å². The molecule has 1 saturated heterocycles. The minimum Gasteiger partial charge on any atom is -0.508 e. The molecule has 0 spiro atoms. The number of benzene rings is 2. The van der Waals surface area contributed by atoms with Gasteiger partial charge in [-0.1, -0.05) is 42.5 Å². The summed E-state index contributed by atoms with van der Waals surface area (Å²) in [5.41, 5.74) is 2.17. The van der Waals surface area contributed by atoms with Gasteiger partial charge in [0.05, 0.1) is 6.10 Å². The highest BCUT2D eigenvalue weighted by Gasteiger charge is 2.36. The molecule has 2 aromatic carbocycles. The fourth-order valence-corrected chi connectivity index (χ4v) is 3.54. The van der Waals surface area contributed by atoms with Gasteiger partial charge < -0.3 is 15.3 Å². The number of hydrogen-bond donors (Lipinski definition) is 3. The molecule has 0 amide bonds. The SMILES string of the molecule is OC[C@@H]1CN(Cc2ccccc2)C[C@H](O)[C@H]1c1ccc(O)cc1. The zero-order chi connectivity index (χ0) is 16.2. The molecule has 1 aliphatic heterocycles. The summed E-state index contributed by atoms with van der Waals surface area (Å²) < 4.78 is 0. The van der Waals surface area contributed by atoms with E-state index < -0.39 is 6.10 Å². The molecule has 3 atom stereocenters. The smallest absolute Gasteiger partial charge is 0.115 e. The van der Waals surface area contributed by atoms with E-state index in [1.807, 2.05) is 30.3 Å². The Kier molecular flexibility index (Phi) is 4.96.